The second-order valence-electron chi connectivity index (χ2n) is 10.1. The second-order valence-corrected chi connectivity index (χ2v) is 12.4. The van der Waals surface area contributed by atoms with Gasteiger partial charge in [-0.3, -0.25) is 9.20 Å². The van der Waals surface area contributed by atoms with E-state index in [2.05, 4.69) is 72.5 Å². The molecule has 1 atom stereocenters. The summed E-state index contributed by atoms with van der Waals surface area (Å²) in [4.78, 5) is 7.13. The summed E-state index contributed by atoms with van der Waals surface area (Å²) in [6.45, 7) is 18.4. The Morgan fingerprint density at radius 2 is 1.70 bits per heavy atom. The van der Waals surface area contributed by atoms with Crippen molar-refractivity contribution in [3.05, 3.63) is 29.8 Å². The Morgan fingerprint density at radius 3 is 2.20 bits per heavy atom. The van der Waals surface area contributed by atoms with Gasteiger partial charge in [-0.1, -0.05) is 32.9 Å². The van der Waals surface area contributed by atoms with Crippen LogP contribution in [0.1, 0.15) is 66.9 Å². The maximum Gasteiger partial charge on any atom is 0.191 e. The van der Waals surface area contributed by atoms with E-state index in [1.54, 1.807) is 0 Å². The van der Waals surface area contributed by atoms with Crippen molar-refractivity contribution < 1.29 is 4.21 Å². The highest BCUT2D eigenvalue weighted by Gasteiger charge is 2.22. The van der Waals surface area contributed by atoms with Gasteiger partial charge in [0.1, 0.15) is 0 Å². The Balaban J connectivity index is 1.86. The molecule has 1 aliphatic heterocycles. The maximum absolute atomic E-state index is 12.2. The van der Waals surface area contributed by atoms with Crippen LogP contribution in [-0.2, 0) is 16.2 Å². The van der Waals surface area contributed by atoms with Crippen molar-refractivity contribution in [2.24, 2.45) is 4.99 Å². The molecule has 1 aromatic carbocycles. The Bertz CT molecular complexity index is 708. The van der Waals surface area contributed by atoms with Gasteiger partial charge in [-0.15, -0.1) is 0 Å². The average Bonchev–Trinajstić information content (AvgIpc) is 2.67. The first-order chi connectivity index (χ1) is 14.0. The van der Waals surface area contributed by atoms with Crippen molar-refractivity contribution >= 4 is 22.4 Å². The van der Waals surface area contributed by atoms with E-state index in [-0.39, 0.29) is 10.2 Å². The summed E-state index contributed by atoms with van der Waals surface area (Å²) >= 11 is 0. The number of nitrogens with one attached hydrogen (secondary N) is 2. The lowest BCUT2D eigenvalue weighted by Crippen LogP contribution is -2.49. The van der Waals surface area contributed by atoms with Gasteiger partial charge in [0.25, 0.3) is 0 Å². The van der Waals surface area contributed by atoms with E-state index in [9.17, 15) is 4.21 Å². The molecular weight excluding hydrogens is 392 g/mol. The van der Waals surface area contributed by atoms with Gasteiger partial charge in [-0.25, -0.2) is 0 Å². The highest BCUT2D eigenvalue weighted by molar-refractivity contribution is 7.86. The molecule has 0 bridgehead atoms. The van der Waals surface area contributed by atoms with Crippen molar-refractivity contribution in [3.63, 3.8) is 0 Å². The van der Waals surface area contributed by atoms with Crippen LogP contribution in [0, 0.1) is 0 Å². The highest BCUT2D eigenvalue weighted by Crippen LogP contribution is 2.26. The molecule has 1 unspecified atom stereocenters. The summed E-state index contributed by atoms with van der Waals surface area (Å²) in [6, 6.07) is 9.46. The van der Waals surface area contributed by atoms with Crippen molar-refractivity contribution in [1.82, 2.24) is 10.6 Å². The van der Waals surface area contributed by atoms with Crippen molar-refractivity contribution in [2.75, 3.05) is 36.8 Å². The summed E-state index contributed by atoms with van der Waals surface area (Å²) in [7, 11) is -0.867. The van der Waals surface area contributed by atoms with Crippen LogP contribution in [0.4, 0.5) is 5.69 Å². The topological polar surface area (TPSA) is 56.7 Å². The van der Waals surface area contributed by atoms with Crippen LogP contribution in [0.3, 0.4) is 0 Å². The molecule has 1 saturated heterocycles. The van der Waals surface area contributed by atoms with E-state index in [0.29, 0.717) is 18.3 Å². The minimum atomic E-state index is -0.867. The number of anilines is 1. The van der Waals surface area contributed by atoms with Crippen LogP contribution in [0.25, 0.3) is 0 Å². The fourth-order valence-corrected chi connectivity index (χ4v) is 4.38. The van der Waals surface area contributed by atoms with Crippen molar-refractivity contribution in [2.45, 2.75) is 77.5 Å². The Labute approximate surface area is 186 Å². The predicted octanol–water partition coefficient (Wildman–Crippen LogP) is 4.06. The number of benzene rings is 1. The van der Waals surface area contributed by atoms with Gasteiger partial charge in [0, 0.05) is 52.7 Å². The number of aliphatic imine (C=N–C) groups is 1. The summed E-state index contributed by atoms with van der Waals surface area (Å²) in [5.74, 6) is 1.44. The van der Waals surface area contributed by atoms with Crippen LogP contribution in [-0.4, -0.2) is 52.9 Å². The number of rotatable bonds is 6. The molecule has 30 heavy (non-hydrogen) atoms. The number of hydrogen-bond donors (Lipinski definition) is 2. The van der Waals surface area contributed by atoms with Gasteiger partial charge < -0.3 is 15.5 Å². The first-order valence-electron chi connectivity index (χ1n) is 11.3. The molecule has 170 valence electrons. The third kappa shape index (κ3) is 7.60. The number of piperidine rings is 1. The fraction of sp³-hybridized carbons (Fsp3) is 0.708. The molecule has 0 amide bonds. The van der Waals surface area contributed by atoms with E-state index in [4.69, 9.17) is 0 Å². The number of hydrogen-bond acceptors (Lipinski definition) is 3. The summed E-state index contributed by atoms with van der Waals surface area (Å²) < 4.78 is 12.1. The Kier molecular flexibility index (Phi) is 8.77. The van der Waals surface area contributed by atoms with Crippen LogP contribution in [0.2, 0.25) is 0 Å². The van der Waals surface area contributed by atoms with Crippen molar-refractivity contribution in [1.29, 1.82) is 0 Å². The minimum Gasteiger partial charge on any atom is -0.371 e. The predicted molar refractivity (Wildman–Crippen MR) is 132 cm³/mol. The van der Waals surface area contributed by atoms with Gasteiger partial charge in [0.2, 0.25) is 0 Å². The standard InChI is InChI=1S/C24H42N4OS/c1-8-25-22(26-15-18-30(29)24(5,6)7)27-20-13-16-28(17-14-20)21-11-9-19(10-12-21)23(2,3)4/h9-12,20H,8,13-18H2,1-7H3,(H2,25,26,27). The second kappa shape index (κ2) is 10.7. The third-order valence-electron chi connectivity index (χ3n) is 5.51. The van der Waals surface area contributed by atoms with Gasteiger partial charge in [0.15, 0.2) is 5.96 Å². The normalized spacial score (nSPS) is 17.7. The highest BCUT2D eigenvalue weighted by atomic mass is 32.2. The Morgan fingerprint density at radius 1 is 1.10 bits per heavy atom. The SMILES string of the molecule is CCNC(=NCCS(=O)C(C)(C)C)NC1CCN(c2ccc(C(C)(C)C)cc2)CC1. The molecule has 2 rings (SSSR count). The fourth-order valence-electron chi connectivity index (χ4n) is 3.51. The van der Waals surface area contributed by atoms with Crippen LogP contribution in [0.15, 0.2) is 29.3 Å². The molecule has 0 aliphatic carbocycles. The summed E-state index contributed by atoms with van der Waals surface area (Å²) in [5, 5.41) is 6.92. The molecule has 1 aliphatic rings. The van der Waals surface area contributed by atoms with E-state index in [1.165, 1.54) is 11.3 Å². The van der Waals surface area contributed by atoms with E-state index in [1.807, 2.05) is 20.8 Å². The molecule has 5 nitrogen and oxygen atoms in total. The summed E-state index contributed by atoms with van der Waals surface area (Å²) in [6.07, 6.45) is 2.17. The summed E-state index contributed by atoms with van der Waals surface area (Å²) in [5.41, 5.74) is 2.88. The molecule has 0 saturated carbocycles. The quantitative estimate of drug-likeness (QED) is 0.524. The molecule has 0 radical (unpaired) electrons. The third-order valence-corrected chi connectivity index (χ3v) is 7.43. The molecule has 0 spiro atoms. The van der Waals surface area contributed by atoms with Crippen LogP contribution in [0.5, 0.6) is 0 Å². The van der Waals surface area contributed by atoms with Gasteiger partial charge in [0.05, 0.1) is 6.54 Å². The molecular formula is C24H42N4OS. The molecule has 1 fully saturated rings. The monoisotopic (exact) mass is 434 g/mol. The van der Waals surface area contributed by atoms with E-state index < -0.39 is 10.8 Å². The van der Waals surface area contributed by atoms with Crippen molar-refractivity contribution in [3.8, 4) is 0 Å². The molecule has 2 N–H and O–H groups in total. The lowest BCUT2D eigenvalue weighted by atomic mass is 9.87. The van der Waals surface area contributed by atoms with Gasteiger partial charge >= 0.3 is 0 Å². The lowest BCUT2D eigenvalue weighted by Gasteiger charge is -2.35. The van der Waals surface area contributed by atoms with E-state index >= 15 is 0 Å². The average molecular weight is 435 g/mol. The molecule has 1 heterocycles. The zero-order chi connectivity index (χ0) is 22.4. The van der Waals surface area contributed by atoms with E-state index in [0.717, 1.165) is 38.4 Å². The Hall–Kier alpha value is -1.56. The minimum absolute atomic E-state index is 0.181. The zero-order valence-corrected chi connectivity index (χ0v) is 20.9. The smallest absolute Gasteiger partial charge is 0.191 e. The lowest BCUT2D eigenvalue weighted by molar-refractivity contribution is 0.461. The number of guanidine groups is 1. The largest absolute Gasteiger partial charge is 0.371 e. The van der Waals surface area contributed by atoms with Gasteiger partial charge in [-0.05, 0) is 63.6 Å². The number of nitrogens with zero attached hydrogens (tertiary/aromatic N) is 2. The molecule has 0 aromatic heterocycles. The van der Waals surface area contributed by atoms with Crippen LogP contribution >= 0.6 is 0 Å². The maximum atomic E-state index is 12.2. The molecule has 1 aromatic rings. The van der Waals surface area contributed by atoms with Gasteiger partial charge in [-0.2, -0.15) is 0 Å². The zero-order valence-electron chi connectivity index (χ0n) is 20.0. The van der Waals surface area contributed by atoms with Crippen LogP contribution < -0.4 is 15.5 Å². The first-order valence-corrected chi connectivity index (χ1v) is 12.6. The molecule has 6 heteroatoms. The first kappa shape index (κ1) is 24.7.